The van der Waals surface area contributed by atoms with Gasteiger partial charge in [0, 0.05) is 60.1 Å². The molecule has 2 bridgehead atoms. The Hall–Kier alpha value is -2.44. The van der Waals surface area contributed by atoms with E-state index < -0.39 is 0 Å². The van der Waals surface area contributed by atoms with Crippen LogP contribution in [0.4, 0.5) is 10.2 Å². The van der Waals surface area contributed by atoms with Crippen LogP contribution in [0.2, 0.25) is 0 Å². The lowest BCUT2D eigenvalue weighted by molar-refractivity contribution is -0.0340. The molecule has 0 spiro atoms. The largest absolute Gasteiger partial charge is 0.366 e. The Morgan fingerprint density at radius 3 is 2.83 bits per heavy atom. The summed E-state index contributed by atoms with van der Waals surface area (Å²) >= 11 is 0. The van der Waals surface area contributed by atoms with E-state index in [1.807, 2.05) is 0 Å². The van der Waals surface area contributed by atoms with E-state index in [0.717, 1.165) is 44.2 Å². The van der Waals surface area contributed by atoms with Crippen molar-refractivity contribution in [2.24, 2.45) is 5.92 Å². The van der Waals surface area contributed by atoms with Crippen LogP contribution in [0.15, 0.2) is 42.6 Å². The molecule has 5 nitrogen and oxygen atoms in total. The third-order valence-corrected chi connectivity index (χ3v) is 9.61. The summed E-state index contributed by atoms with van der Waals surface area (Å²) in [7, 11) is 0. The second kappa shape index (κ2) is 8.84. The second-order valence-corrected chi connectivity index (χ2v) is 11.9. The van der Waals surface area contributed by atoms with E-state index in [0.29, 0.717) is 24.0 Å². The van der Waals surface area contributed by atoms with Gasteiger partial charge in [-0.2, -0.15) is 0 Å². The fraction of sp³-hybridized carbons (Fsp3) is 0.567. The first-order valence-electron chi connectivity index (χ1n) is 14.0. The Balaban J connectivity index is 1.19. The molecule has 6 heteroatoms. The van der Waals surface area contributed by atoms with Gasteiger partial charge in [-0.3, -0.25) is 9.29 Å². The fourth-order valence-corrected chi connectivity index (χ4v) is 8.06. The van der Waals surface area contributed by atoms with Gasteiger partial charge < -0.3 is 15.2 Å². The summed E-state index contributed by atoms with van der Waals surface area (Å²) in [4.78, 5) is 14.0. The van der Waals surface area contributed by atoms with Crippen molar-refractivity contribution in [1.82, 2.24) is 19.8 Å². The van der Waals surface area contributed by atoms with Crippen molar-refractivity contribution < 1.29 is 4.39 Å². The number of benzene rings is 1. The lowest BCUT2D eigenvalue weighted by Crippen LogP contribution is -2.59. The Bertz CT molecular complexity index is 1220. The van der Waals surface area contributed by atoms with E-state index in [1.165, 1.54) is 53.4 Å². The summed E-state index contributed by atoms with van der Waals surface area (Å²) in [6, 6.07) is 14.4. The number of aromatic amines is 1. The van der Waals surface area contributed by atoms with Gasteiger partial charge in [0.05, 0.1) is 12.7 Å². The molecule has 36 heavy (non-hydrogen) atoms. The monoisotopic (exact) mass is 487 g/mol. The van der Waals surface area contributed by atoms with E-state index in [9.17, 15) is 4.39 Å². The first-order chi connectivity index (χ1) is 17.6. The third-order valence-electron chi connectivity index (χ3n) is 9.61. The molecule has 2 aromatic heterocycles. The smallest absolute Gasteiger partial charge is 0.126 e. The molecule has 190 valence electrons. The number of nitrogens with zero attached hydrogens (tertiary/aromatic N) is 3. The first-order valence-corrected chi connectivity index (χ1v) is 14.0. The van der Waals surface area contributed by atoms with Crippen LogP contribution in [0.1, 0.15) is 68.3 Å². The highest BCUT2D eigenvalue weighted by Gasteiger charge is 2.58. The number of nitrogens with one attached hydrogen (secondary N) is 2. The van der Waals surface area contributed by atoms with Crippen molar-refractivity contribution in [3.8, 4) is 0 Å². The number of likely N-dealkylation sites (tertiary alicyclic amines) is 1. The molecule has 0 amide bonds. The van der Waals surface area contributed by atoms with Crippen LogP contribution in [0.25, 0.3) is 10.9 Å². The van der Waals surface area contributed by atoms with Crippen LogP contribution in [0.3, 0.4) is 0 Å². The zero-order chi connectivity index (χ0) is 24.3. The highest BCUT2D eigenvalue weighted by Crippen LogP contribution is 2.60. The molecule has 1 aromatic carbocycles. The molecular formula is C30H38FN5. The minimum Gasteiger partial charge on any atom is -0.366 e. The molecule has 4 fully saturated rings. The maximum atomic E-state index is 12.6. The van der Waals surface area contributed by atoms with Gasteiger partial charge in [0.1, 0.15) is 5.82 Å². The van der Waals surface area contributed by atoms with Crippen molar-refractivity contribution >= 4 is 16.7 Å². The number of pyridine rings is 1. The number of H-pyrrole nitrogens is 1. The summed E-state index contributed by atoms with van der Waals surface area (Å²) in [5, 5.41) is 5.02. The normalized spacial score (nSPS) is 32.1. The zero-order valence-electron chi connectivity index (χ0n) is 21.3. The molecule has 2 aliphatic heterocycles. The lowest BCUT2D eigenvalue weighted by atomic mass is 9.72. The van der Waals surface area contributed by atoms with E-state index in [2.05, 4.69) is 69.6 Å². The predicted molar refractivity (Wildman–Crippen MR) is 143 cm³/mol. The van der Waals surface area contributed by atoms with Gasteiger partial charge in [-0.15, -0.1) is 0 Å². The number of aromatic nitrogens is 2. The van der Waals surface area contributed by atoms with E-state index in [1.54, 1.807) is 0 Å². The Morgan fingerprint density at radius 1 is 1.17 bits per heavy atom. The average molecular weight is 488 g/mol. The van der Waals surface area contributed by atoms with Gasteiger partial charge in [0.25, 0.3) is 0 Å². The van der Waals surface area contributed by atoms with Crippen LogP contribution >= 0.6 is 0 Å². The van der Waals surface area contributed by atoms with Crippen LogP contribution in [-0.4, -0.2) is 63.7 Å². The summed E-state index contributed by atoms with van der Waals surface area (Å²) in [6.45, 7) is 5.08. The molecule has 0 unspecified atom stereocenters. The van der Waals surface area contributed by atoms with Crippen LogP contribution < -0.4 is 5.32 Å². The summed E-state index contributed by atoms with van der Waals surface area (Å²) in [5.41, 5.74) is 5.77. The van der Waals surface area contributed by atoms with E-state index in [-0.39, 0.29) is 12.7 Å². The zero-order valence-corrected chi connectivity index (χ0v) is 21.3. The van der Waals surface area contributed by atoms with Crippen LogP contribution in [-0.2, 0) is 6.42 Å². The molecule has 1 saturated heterocycles. The molecule has 3 aliphatic carbocycles. The second-order valence-electron chi connectivity index (χ2n) is 11.9. The van der Waals surface area contributed by atoms with Crippen molar-refractivity contribution in [2.45, 2.75) is 75.5 Å². The Kier molecular flexibility index (Phi) is 5.58. The summed E-state index contributed by atoms with van der Waals surface area (Å²) in [6.07, 6.45) is 10.4. The van der Waals surface area contributed by atoms with Crippen LogP contribution in [0.5, 0.6) is 0 Å². The number of fused-ring (bicyclic) bond motifs is 4. The van der Waals surface area contributed by atoms with Gasteiger partial charge >= 0.3 is 0 Å². The number of hydrogen-bond acceptors (Lipinski definition) is 4. The Labute approximate surface area is 213 Å². The Morgan fingerprint density at radius 2 is 2.06 bits per heavy atom. The van der Waals surface area contributed by atoms with E-state index >= 15 is 0 Å². The van der Waals surface area contributed by atoms with Crippen LogP contribution in [0, 0.1) is 5.92 Å². The van der Waals surface area contributed by atoms with Gasteiger partial charge in [-0.25, -0.2) is 4.98 Å². The fourth-order valence-electron chi connectivity index (χ4n) is 8.06. The predicted octanol–water partition coefficient (Wildman–Crippen LogP) is 5.69. The molecule has 5 aliphatic rings. The SMILES string of the molecule is C[C@@H]1Cc2c([nH]c3ccccc23)[C@@H](c2ccc(N[C@H]3CCN(CCCF)C3)nc2)N1C12CCC(C1)C2. The minimum absolute atomic E-state index is 0.222. The molecule has 4 heterocycles. The maximum Gasteiger partial charge on any atom is 0.126 e. The molecule has 3 atom stereocenters. The maximum absolute atomic E-state index is 12.6. The molecule has 3 saturated carbocycles. The quantitative estimate of drug-likeness (QED) is 0.450. The van der Waals surface area contributed by atoms with E-state index in [4.69, 9.17) is 4.98 Å². The molecular weight excluding hydrogens is 449 g/mol. The van der Waals surface area contributed by atoms with Gasteiger partial charge in [0.2, 0.25) is 0 Å². The van der Waals surface area contributed by atoms with Crippen molar-refractivity contribution in [1.29, 1.82) is 0 Å². The van der Waals surface area contributed by atoms with Crippen molar-refractivity contribution in [3.63, 3.8) is 0 Å². The number of halogens is 1. The van der Waals surface area contributed by atoms with Crippen molar-refractivity contribution in [3.05, 3.63) is 59.4 Å². The number of anilines is 1. The standard InChI is InChI=1S/C30H38FN5/c1-20-15-25-24-5-2-3-6-26(24)34-28(25)29(36(20)30-11-9-21(16-30)17-30)22-7-8-27(32-18-22)33-23-10-14-35(19-23)13-4-12-31/h2-3,5-8,18,20-21,23,29,34H,4,9-17,19H2,1H3,(H,32,33)/t20-,21?,23+,29-,30?/m1/s1. The number of hydrogen-bond donors (Lipinski definition) is 2. The minimum atomic E-state index is -0.228. The van der Waals surface area contributed by atoms with Crippen molar-refractivity contribution in [2.75, 3.05) is 31.6 Å². The molecule has 8 rings (SSSR count). The number of alkyl halides is 1. The topological polar surface area (TPSA) is 47.2 Å². The summed E-state index contributed by atoms with van der Waals surface area (Å²) in [5.74, 6) is 1.88. The molecule has 3 aromatic rings. The highest BCUT2D eigenvalue weighted by atomic mass is 19.1. The molecule has 0 radical (unpaired) electrons. The average Bonchev–Trinajstić information content (AvgIpc) is 3.66. The number of para-hydroxylation sites is 1. The third kappa shape index (κ3) is 3.67. The summed E-state index contributed by atoms with van der Waals surface area (Å²) < 4.78 is 12.6. The van der Waals surface area contributed by atoms with Gasteiger partial charge in [-0.05, 0) is 81.0 Å². The van der Waals surface area contributed by atoms with Gasteiger partial charge in [-0.1, -0.05) is 24.3 Å². The number of rotatable bonds is 7. The highest BCUT2D eigenvalue weighted by molar-refractivity contribution is 5.85. The van der Waals surface area contributed by atoms with Gasteiger partial charge in [0.15, 0.2) is 0 Å². The molecule has 2 N–H and O–H groups in total. The first kappa shape index (κ1) is 22.7. The lowest BCUT2D eigenvalue weighted by Gasteiger charge is -2.55.